The van der Waals surface area contributed by atoms with E-state index in [4.69, 9.17) is 0 Å². The summed E-state index contributed by atoms with van der Waals surface area (Å²) in [5, 5.41) is 13.8. The molecule has 1 N–H and O–H groups in total. The molecule has 2 aromatic rings. The maximum atomic E-state index is 12.4. The molecule has 1 aliphatic heterocycles. The van der Waals surface area contributed by atoms with Crippen LogP contribution in [0.2, 0.25) is 0 Å². The molecule has 0 bridgehead atoms. The quantitative estimate of drug-likeness (QED) is 0.675. The average molecular weight is 325 g/mol. The lowest BCUT2D eigenvalue weighted by Gasteiger charge is -2.15. The van der Waals surface area contributed by atoms with Crippen molar-refractivity contribution in [3.05, 3.63) is 69.8 Å². The van der Waals surface area contributed by atoms with Gasteiger partial charge in [-0.15, -0.1) is 0 Å². The number of rotatable bonds is 5. The van der Waals surface area contributed by atoms with Gasteiger partial charge in [-0.25, -0.2) is 0 Å². The van der Waals surface area contributed by atoms with Crippen molar-refractivity contribution in [2.75, 3.05) is 18.4 Å². The summed E-state index contributed by atoms with van der Waals surface area (Å²) < 4.78 is 0. The first-order valence-electron chi connectivity index (χ1n) is 7.99. The molecule has 0 radical (unpaired) electrons. The van der Waals surface area contributed by atoms with E-state index in [-0.39, 0.29) is 11.3 Å². The lowest BCUT2D eigenvalue weighted by molar-refractivity contribution is -0.385. The second-order valence-electron chi connectivity index (χ2n) is 5.91. The predicted octanol–water partition coefficient (Wildman–Crippen LogP) is 3.44. The van der Waals surface area contributed by atoms with Crippen LogP contribution in [0.3, 0.4) is 0 Å². The van der Waals surface area contributed by atoms with Gasteiger partial charge in [0.15, 0.2) is 0 Å². The summed E-state index contributed by atoms with van der Waals surface area (Å²) in [6.07, 6.45) is 2.46. The molecular formula is C18H19N3O3. The molecule has 0 saturated carbocycles. The Labute approximate surface area is 140 Å². The molecule has 6 nitrogen and oxygen atoms in total. The molecule has 1 heterocycles. The molecule has 0 spiro atoms. The van der Waals surface area contributed by atoms with Crippen molar-refractivity contribution in [2.24, 2.45) is 0 Å². The molecule has 24 heavy (non-hydrogen) atoms. The maximum Gasteiger partial charge on any atom is 0.282 e. The highest BCUT2D eigenvalue weighted by atomic mass is 16.6. The van der Waals surface area contributed by atoms with Crippen LogP contribution in [-0.4, -0.2) is 28.8 Å². The van der Waals surface area contributed by atoms with Crippen LogP contribution in [0.4, 0.5) is 11.4 Å². The molecule has 0 unspecified atom stereocenters. The van der Waals surface area contributed by atoms with Gasteiger partial charge in [0.25, 0.3) is 11.6 Å². The Balaban J connectivity index is 1.74. The summed E-state index contributed by atoms with van der Waals surface area (Å²) in [5.41, 5.74) is 1.64. The number of para-hydroxylation sites is 1. The highest BCUT2D eigenvalue weighted by molar-refractivity contribution is 6.07. The molecule has 1 saturated heterocycles. The van der Waals surface area contributed by atoms with Crippen LogP contribution in [0.15, 0.2) is 48.5 Å². The number of nitrogens with one attached hydrogen (secondary N) is 1. The van der Waals surface area contributed by atoms with E-state index < -0.39 is 10.8 Å². The van der Waals surface area contributed by atoms with Gasteiger partial charge in [-0.1, -0.05) is 24.3 Å². The third-order valence-electron chi connectivity index (χ3n) is 4.14. The van der Waals surface area contributed by atoms with Crippen LogP contribution in [-0.2, 0) is 6.54 Å². The number of carbonyl (C=O) groups excluding carboxylic acids is 1. The molecule has 3 rings (SSSR count). The second-order valence-corrected chi connectivity index (χ2v) is 5.91. The average Bonchev–Trinajstić information content (AvgIpc) is 3.08. The lowest BCUT2D eigenvalue weighted by Crippen LogP contribution is -2.18. The minimum atomic E-state index is -0.543. The zero-order chi connectivity index (χ0) is 16.9. The first kappa shape index (κ1) is 16.1. The third-order valence-corrected chi connectivity index (χ3v) is 4.14. The fourth-order valence-electron chi connectivity index (χ4n) is 2.97. The van der Waals surface area contributed by atoms with E-state index in [2.05, 4.69) is 10.2 Å². The minimum Gasteiger partial charge on any atom is -0.322 e. The van der Waals surface area contributed by atoms with Gasteiger partial charge in [-0.2, -0.15) is 0 Å². The van der Waals surface area contributed by atoms with Crippen molar-refractivity contribution in [1.82, 2.24) is 4.90 Å². The highest BCUT2D eigenvalue weighted by Crippen LogP contribution is 2.20. The molecule has 1 aliphatic rings. The zero-order valence-electron chi connectivity index (χ0n) is 13.3. The first-order chi connectivity index (χ1) is 11.6. The van der Waals surface area contributed by atoms with Crippen LogP contribution in [0.25, 0.3) is 0 Å². The van der Waals surface area contributed by atoms with Crippen LogP contribution in [0.5, 0.6) is 0 Å². The Kier molecular flexibility index (Phi) is 4.86. The third kappa shape index (κ3) is 3.78. The molecular weight excluding hydrogens is 306 g/mol. The van der Waals surface area contributed by atoms with E-state index in [1.807, 2.05) is 18.2 Å². The summed E-state index contributed by atoms with van der Waals surface area (Å²) in [6, 6.07) is 13.6. The van der Waals surface area contributed by atoms with E-state index in [0.717, 1.165) is 25.2 Å². The number of anilines is 1. The molecule has 0 aliphatic carbocycles. The number of amides is 1. The Morgan fingerprint density at radius 1 is 1.12 bits per heavy atom. The van der Waals surface area contributed by atoms with Gasteiger partial charge in [0.05, 0.1) is 4.92 Å². The number of nitro groups is 1. The number of benzene rings is 2. The Morgan fingerprint density at radius 3 is 2.62 bits per heavy atom. The molecule has 6 heteroatoms. The number of nitrogens with zero attached hydrogens (tertiary/aromatic N) is 2. The van der Waals surface area contributed by atoms with Crippen molar-refractivity contribution in [1.29, 1.82) is 0 Å². The summed E-state index contributed by atoms with van der Waals surface area (Å²) >= 11 is 0. The van der Waals surface area contributed by atoms with Gasteiger partial charge in [-0.05, 0) is 49.7 Å². The Hall–Kier alpha value is -2.73. The monoisotopic (exact) mass is 325 g/mol. The van der Waals surface area contributed by atoms with E-state index in [1.54, 1.807) is 18.2 Å². The van der Waals surface area contributed by atoms with Crippen molar-refractivity contribution in [3.8, 4) is 0 Å². The Bertz CT molecular complexity index is 755. The van der Waals surface area contributed by atoms with E-state index in [1.165, 1.54) is 25.0 Å². The second kappa shape index (κ2) is 7.23. The SMILES string of the molecule is O=C(Nc1cccc(CN2CCCC2)c1)c1ccccc1[N+](=O)[O-]. The van der Waals surface area contributed by atoms with E-state index in [0.29, 0.717) is 5.69 Å². The molecule has 1 fully saturated rings. The fraction of sp³-hybridized carbons (Fsp3) is 0.278. The molecule has 1 amide bonds. The number of likely N-dealkylation sites (tertiary alicyclic amines) is 1. The van der Waals surface area contributed by atoms with Gasteiger partial charge < -0.3 is 5.32 Å². The van der Waals surface area contributed by atoms with Crippen LogP contribution >= 0.6 is 0 Å². The smallest absolute Gasteiger partial charge is 0.282 e. The number of hydrogen-bond donors (Lipinski definition) is 1. The number of nitro benzene ring substituents is 1. The summed E-state index contributed by atoms with van der Waals surface area (Å²) in [4.78, 5) is 25.3. The van der Waals surface area contributed by atoms with Crippen molar-refractivity contribution in [2.45, 2.75) is 19.4 Å². The summed E-state index contributed by atoms with van der Waals surface area (Å²) in [5.74, 6) is -0.472. The van der Waals surface area contributed by atoms with Gasteiger partial charge in [0.2, 0.25) is 0 Å². The fourth-order valence-corrected chi connectivity index (χ4v) is 2.97. The lowest BCUT2D eigenvalue weighted by atomic mass is 10.1. The van der Waals surface area contributed by atoms with Crippen LogP contribution in [0.1, 0.15) is 28.8 Å². The van der Waals surface area contributed by atoms with E-state index >= 15 is 0 Å². The summed E-state index contributed by atoms with van der Waals surface area (Å²) in [6.45, 7) is 3.06. The van der Waals surface area contributed by atoms with Gasteiger partial charge in [-0.3, -0.25) is 19.8 Å². The van der Waals surface area contributed by atoms with Gasteiger partial charge in [0, 0.05) is 18.3 Å². The molecule has 124 valence electrons. The summed E-state index contributed by atoms with van der Waals surface area (Å²) in [7, 11) is 0. The minimum absolute atomic E-state index is 0.0624. The van der Waals surface area contributed by atoms with Gasteiger partial charge >= 0.3 is 0 Å². The van der Waals surface area contributed by atoms with Crippen LogP contribution < -0.4 is 5.32 Å². The zero-order valence-corrected chi connectivity index (χ0v) is 13.3. The highest BCUT2D eigenvalue weighted by Gasteiger charge is 2.19. The van der Waals surface area contributed by atoms with E-state index in [9.17, 15) is 14.9 Å². The molecule has 0 aromatic heterocycles. The molecule has 2 aromatic carbocycles. The first-order valence-corrected chi connectivity index (χ1v) is 7.99. The van der Waals surface area contributed by atoms with Crippen molar-refractivity contribution in [3.63, 3.8) is 0 Å². The van der Waals surface area contributed by atoms with Crippen LogP contribution in [0, 0.1) is 10.1 Å². The van der Waals surface area contributed by atoms with Crippen molar-refractivity contribution < 1.29 is 9.72 Å². The molecule has 0 atom stereocenters. The largest absolute Gasteiger partial charge is 0.322 e. The predicted molar refractivity (Wildman–Crippen MR) is 92.0 cm³/mol. The van der Waals surface area contributed by atoms with Crippen molar-refractivity contribution >= 4 is 17.3 Å². The number of carbonyl (C=O) groups is 1. The normalized spacial score (nSPS) is 14.5. The number of hydrogen-bond acceptors (Lipinski definition) is 4. The Morgan fingerprint density at radius 2 is 1.88 bits per heavy atom. The van der Waals surface area contributed by atoms with Gasteiger partial charge in [0.1, 0.15) is 5.56 Å². The standard InChI is InChI=1S/C18H19N3O3/c22-18(16-8-1-2-9-17(16)21(23)24)19-15-7-5-6-14(12-15)13-20-10-3-4-11-20/h1-2,5-9,12H,3-4,10-11,13H2,(H,19,22). The maximum absolute atomic E-state index is 12.4. The topological polar surface area (TPSA) is 75.5 Å².